The van der Waals surface area contributed by atoms with E-state index < -0.39 is 6.10 Å². The van der Waals surface area contributed by atoms with Crippen molar-refractivity contribution in [3.63, 3.8) is 0 Å². The summed E-state index contributed by atoms with van der Waals surface area (Å²) < 4.78 is 16.9. The Balaban J connectivity index is 4.29. The number of ether oxygens (including phenoxy) is 3. The molecule has 0 radical (unpaired) electrons. The van der Waals surface area contributed by atoms with Crippen molar-refractivity contribution < 1.29 is 28.6 Å². The maximum Gasteiger partial charge on any atom is 0.306 e. The van der Waals surface area contributed by atoms with Gasteiger partial charge in [0.25, 0.3) is 0 Å². The third-order valence-corrected chi connectivity index (χ3v) is 13.0. The molecule has 0 bridgehead atoms. The van der Waals surface area contributed by atoms with Gasteiger partial charge in [0.1, 0.15) is 13.2 Å². The molecule has 0 amide bonds. The van der Waals surface area contributed by atoms with Crippen LogP contribution in [0.4, 0.5) is 0 Å². The highest BCUT2D eigenvalue weighted by atomic mass is 16.6. The third kappa shape index (κ3) is 51.3. The van der Waals surface area contributed by atoms with Gasteiger partial charge in [-0.2, -0.15) is 0 Å². The highest BCUT2D eigenvalue weighted by molar-refractivity contribution is 5.71. The van der Waals surface area contributed by atoms with E-state index in [0.717, 1.165) is 63.7 Å². The molecule has 0 unspecified atom stereocenters. The molecule has 1 atom stereocenters. The highest BCUT2D eigenvalue weighted by Gasteiger charge is 2.19. The number of esters is 3. The molecule has 63 heavy (non-hydrogen) atoms. The van der Waals surface area contributed by atoms with Crippen LogP contribution in [-0.2, 0) is 28.6 Å². The van der Waals surface area contributed by atoms with Crippen LogP contribution in [0.2, 0.25) is 0 Å². The first kappa shape index (κ1) is 61.4. The molecule has 0 aliphatic rings. The normalized spacial score (nSPS) is 12.0. The predicted octanol–water partition coefficient (Wildman–Crippen LogP) is 18.6. The fourth-order valence-electron chi connectivity index (χ4n) is 8.75. The van der Waals surface area contributed by atoms with Crippen LogP contribution in [0.3, 0.4) is 0 Å². The topological polar surface area (TPSA) is 78.9 Å². The number of rotatable bonds is 52. The molecule has 374 valence electrons. The molecule has 0 spiro atoms. The maximum absolute atomic E-state index is 12.8. The summed E-state index contributed by atoms with van der Waals surface area (Å²) in [6, 6.07) is 0. The van der Waals surface area contributed by atoms with Crippen LogP contribution in [0.5, 0.6) is 0 Å². The third-order valence-electron chi connectivity index (χ3n) is 13.0. The Bertz CT molecular complexity index is 949. The Morgan fingerprint density at radius 1 is 0.302 bits per heavy atom. The molecule has 0 aromatic rings. The zero-order valence-electron chi connectivity index (χ0n) is 43.0. The molecule has 6 heteroatoms. The number of hydrogen-bond donors (Lipinski definition) is 0. The van der Waals surface area contributed by atoms with Crippen LogP contribution in [0, 0.1) is 5.92 Å². The second-order valence-corrected chi connectivity index (χ2v) is 20.1. The summed E-state index contributed by atoms with van der Waals surface area (Å²) in [5.74, 6) is 0.00732. The fraction of sp³-hybridized carbons (Fsp3) is 0.947. The molecule has 0 fully saturated rings. The van der Waals surface area contributed by atoms with Gasteiger partial charge in [0, 0.05) is 19.3 Å². The number of unbranched alkanes of at least 4 members (excludes halogenated alkanes) is 39. The van der Waals surface area contributed by atoms with Crippen molar-refractivity contribution in [3.8, 4) is 0 Å². The number of carbonyl (C=O) groups excluding carboxylic acids is 3. The molecule has 0 aromatic heterocycles. The molecule has 0 N–H and O–H groups in total. The Kier molecular flexibility index (Phi) is 50.1. The van der Waals surface area contributed by atoms with E-state index in [4.69, 9.17) is 14.2 Å². The van der Waals surface area contributed by atoms with Gasteiger partial charge < -0.3 is 14.2 Å². The van der Waals surface area contributed by atoms with Crippen molar-refractivity contribution in [3.05, 3.63) is 0 Å². The van der Waals surface area contributed by atoms with E-state index in [9.17, 15) is 14.4 Å². The molecule has 0 heterocycles. The van der Waals surface area contributed by atoms with Crippen LogP contribution in [0.15, 0.2) is 0 Å². The van der Waals surface area contributed by atoms with Crippen molar-refractivity contribution >= 4 is 17.9 Å². The summed E-state index contributed by atoms with van der Waals surface area (Å²) in [5.41, 5.74) is 0. The SMILES string of the molecule is CCCCCCCCCCCCCCCCCC(=O)OC[C@H](COC(=O)CCCCCCCCCCCCCCC)OC(=O)CCCCCCCCCCCCCCCCC(C)C. The standard InChI is InChI=1S/C57H110O6/c1-5-7-9-11-13-15-17-19-20-25-29-33-37-41-45-49-56(59)62-52-54(51-61-55(58)48-44-40-36-32-28-23-18-16-14-12-10-8-6-2)63-57(60)50-46-42-38-34-30-26-22-21-24-27-31-35-39-43-47-53(3)4/h53-54H,5-52H2,1-4H3/t54-/m0/s1. The summed E-state index contributed by atoms with van der Waals surface area (Å²) >= 11 is 0. The average Bonchev–Trinajstić information content (AvgIpc) is 3.27. The first-order valence-corrected chi connectivity index (χ1v) is 28.4. The lowest BCUT2D eigenvalue weighted by Crippen LogP contribution is -2.30. The van der Waals surface area contributed by atoms with Crippen LogP contribution in [0.1, 0.15) is 323 Å². The highest BCUT2D eigenvalue weighted by Crippen LogP contribution is 2.18. The summed E-state index contributed by atoms with van der Waals surface area (Å²) in [6.45, 7) is 9.06. The molecule has 0 saturated heterocycles. The molecule has 0 aliphatic heterocycles. The van der Waals surface area contributed by atoms with Crippen molar-refractivity contribution in [1.82, 2.24) is 0 Å². The minimum absolute atomic E-state index is 0.0619. The molecule has 0 aliphatic carbocycles. The molecule has 0 rings (SSSR count). The van der Waals surface area contributed by atoms with Crippen molar-refractivity contribution in [2.45, 2.75) is 329 Å². The second kappa shape index (κ2) is 51.4. The first-order chi connectivity index (χ1) is 30.9. The van der Waals surface area contributed by atoms with Crippen LogP contribution in [-0.4, -0.2) is 37.2 Å². The maximum atomic E-state index is 12.8. The van der Waals surface area contributed by atoms with Crippen LogP contribution in [0.25, 0.3) is 0 Å². The number of hydrogen-bond acceptors (Lipinski definition) is 6. The van der Waals surface area contributed by atoms with E-state index >= 15 is 0 Å². The second-order valence-electron chi connectivity index (χ2n) is 20.1. The molecular weight excluding hydrogens is 781 g/mol. The van der Waals surface area contributed by atoms with Crippen molar-refractivity contribution in [2.24, 2.45) is 5.92 Å². The van der Waals surface area contributed by atoms with E-state index in [0.29, 0.717) is 19.3 Å². The van der Waals surface area contributed by atoms with Gasteiger partial charge in [-0.1, -0.05) is 285 Å². The van der Waals surface area contributed by atoms with Gasteiger partial charge in [0.05, 0.1) is 0 Å². The Labute approximate surface area is 393 Å². The van der Waals surface area contributed by atoms with Crippen LogP contribution >= 0.6 is 0 Å². The van der Waals surface area contributed by atoms with E-state index in [1.165, 1.54) is 218 Å². The van der Waals surface area contributed by atoms with Crippen molar-refractivity contribution in [2.75, 3.05) is 13.2 Å². The average molecular weight is 892 g/mol. The Morgan fingerprint density at radius 2 is 0.524 bits per heavy atom. The monoisotopic (exact) mass is 891 g/mol. The zero-order valence-corrected chi connectivity index (χ0v) is 43.0. The van der Waals surface area contributed by atoms with E-state index in [-0.39, 0.29) is 31.1 Å². The van der Waals surface area contributed by atoms with Gasteiger partial charge >= 0.3 is 17.9 Å². The minimum atomic E-state index is -0.761. The van der Waals surface area contributed by atoms with E-state index in [2.05, 4.69) is 27.7 Å². The summed E-state index contributed by atoms with van der Waals surface area (Å²) in [4.78, 5) is 38.1. The molecule has 0 saturated carbocycles. The summed E-state index contributed by atoms with van der Waals surface area (Å²) in [6.07, 6.45) is 55.1. The predicted molar refractivity (Wildman–Crippen MR) is 270 cm³/mol. The smallest absolute Gasteiger partial charge is 0.306 e. The van der Waals surface area contributed by atoms with Gasteiger partial charge in [0.15, 0.2) is 6.10 Å². The van der Waals surface area contributed by atoms with Gasteiger partial charge in [-0.05, 0) is 25.2 Å². The quantitative estimate of drug-likeness (QED) is 0.0344. The lowest BCUT2D eigenvalue weighted by Gasteiger charge is -2.18. The lowest BCUT2D eigenvalue weighted by molar-refractivity contribution is -0.167. The van der Waals surface area contributed by atoms with E-state index in [1.54, 1.807) is 0 Å². The Hall–Kier alpha value is -1.59. The minimum Gasteiger partial charge on any atom is -0.462 e. The fourth-order valence-corrected chi connectivity index (χ4v) is 8.75. The van der Waals surface area contributed by atoms with Crippen LogP contribution < -0.4 is 0 Å². The molecular formula is C57H110O6. The summed E-state index contributed by atoms with van der Waals surface area (Å²) in [7, 11) is 0. The lowest BCUT2D eigenvalue weighted by atomic mass is 10.0. The van der Waals surface area contributed by atoms with E-state index in [1.807, 2.05) is 0 Å². The largest absolute Gasteiger partial charge is 0.462 e. The Morgan fingerprint density at radius 3 is 0.778 bits per heavy atom. The van der Waals surface area contributed by atoms with Gasteiger partial charge in [-0.15, -0.1) is 0 Å². The van der Waals surface area contributed by atoms with Gasteiger partial charge in [-0.3, -0.25) is 14.4 Å². The number of carbonyl (C=O) groups is 3. The molecule has 6 nitrogen and oxygen atoms in total. The molecule has 0 aromatic carbocycles. The van der Waals surface area contributed by atoms with Crippen molar-refractivity contribution in [1.29, 1.82) is 0 Å². The summed E-state index contributed by atoms with van der Waals surface area (Å²) in [5, 5.41) is 0. The zero-order chi connectivity index (χ0) is 45.9. The van der Waals surface area contributed by atoms with Gasteiger partial charge in [-0.25, -0.2) is 0 Å². The first-order valence-electron chi connectivity index (χ1n) is 28.4. The van der Waals surface area contributed by atoms with Gasteiger partial charge in [0.2, 0.25) is 0 Å².